The normalized spacial score (nSPS) is 15.8. The molecule has 1 aliphatic carbocycles. The summed E-state index contributed by atoms with van der Waals surface area (Å²) >= 11 is 5.78. The SMILES string of the molecule is O=C(OCC1CCCCC1)c1cc([N+](=O)[O-])cnc1Cl. The second-order valence-electron chi connectivity index (χ2n) is 4.89. The largest absolute Gasteiger partial charge is 0.462 e. The van der Waals surface area contributed by atoms with E-state index in [-0.39, 0.29) is 16.4 Å². The van der Waals surface area contributed by atoms with E-state index in [4.69, 9.17) is 16.3 Å². The monoisotopic (exact) mass is 298 g/mol. The molecule has 1 aliphatic rings. The highest BCUT2D eigenvalue weighted by Gasteiger charge is 2.20. The topological polar surface area (TPSA) is 82.3 Å². The molecule has 1 saturated carbocycles. The van der Waals surface area contributed by atoms with E-state index in [1.54, 1.807) is 0 Å². The number of hydrogen-bond acceptors (Lipinski definition) is 5. The van der Waals surface area contributed by atoms with Gasteiger partial charge < -0.3 is 4.74 Å². The van der Waals surface area contributed by atoms with E-state index in [1.807, 2.05) is 0 Å². The molecule has 7 heteroatoms. The Morgan fingerprint density at radius 2 is 2.15 bits per heavy atom. The van der Waals surface area contributed by atoms with E-state index >= 15 is 0 Å². The summed E-state index contributed by atoms with van der Waals surface area (Å²) in [5.41, 5.74) is -0.337. The second-order valence-corrected chi connectivity index (χ2v) is 5.25. The number of hydrogen-bond donors (Lipinski definition) is 0. The van der Waals surface area contributed by atoms with Crippen LogP contribution in [-0.2, 0) is 4.74 Å². The smallest absolute Gasteiger partial charge is 0.341 e. The highest BCUT2D eigenvalue weighted by atomic mass is 35.5. The predicted octanol–water partition coefficient (Wildman–Crippen LogP) is 3.38. The van der Waals surface area contributed by atoms with Crippen molar-refractivity contribution in [2.24, 2.45) is 5.92 Å². The fraction of sp³-hybridized carbons (Fsp3) is 0.538. The van der Waals surface area contributed by atoms with E-state index in [0.29, 0.717) is 12.5 Å². The molecule has 1 fully saturated rings. The first-order valence-corrected chi connectivity index (χ1v) is 6.93. The first-order chi connectivity index (χ1) is 9.58. The number of nitrogens with zero attached hydrogens (tertiary/aromatic N) is 2. The first-order valence-electron chi connectivity index (χ1n) is 6.55. The van der Waals surface area contributed by atoms with Gasteiger partial charge in [0.05, 0.1) is 11.5 Å². The Labute approximate surface area is 121 Å². The van der Waals surface area contributed by atoms with Crippen molar-refractivity contribution >= 4 is 23.3 Å². The van der Waals surface area contributed by atoms with E-state index in [2.05, 4.69) is 4.98 Å². The second kappa shape index (κ2) is 6.65. The molecule has 0 saturated heterocycles. The Morgan fingerprint density at radius 1 is 1.45 bits per heavy atom. The van der Waals surface area contributed by atoms with Crippen LogP contribution >= 0.6 is 11.6 Å². The molecule has 6 nitrogen and oxygen atoms in total. The van der Waals surface area contributed by atoms with E-state index in [1.165, 1.54) is 6.42 Å². The first kappa shape index (κ1) is 14.7. The van der Waals surface area contributed by atoms with Crippen LogP contribution in [0.5, 0.6) is 0 Å². The third kappa shape index (κ3) is 3.66. The third-order valence-corrected chi connectivity index (χ3v) is 3.73. The fourth-order valence-electron chi connectivity index (χ4n) is 2.31. The lowest BCUT2D eigenvalue weighted by Crippen LogP contribution is -2.17. The molecule has 0 radical (unpaired) electrons. The summed E-state index contributed by atoms with van der Waals surface area (Å²) < 4.78 is 5.20. The lowest BCUT2D eigenvalue weighted by molar-refractivity contribution is -0.385. The molecule has 0 spiro atoms. The van der Waals surface area contributed by atoms with Gasteiger partial charge in [-0.1, -0.05) is 30.9 Å². The van der Waals surface area contributed by atoms with Gasteiger partial charge in [0.15, 0.2) is 0 Å². The number of esters is 1. The van der Waals surface area contributed by atoms with Crippen molar-refractivity contribution in [3.05, 3.63) is 33.1 Å². The Bertz CT molecular complexity index is 515. The molecule has 0 bridgehead atoms. The van der Waals surface area contributed by atoms with Crippen molar-refractivity contribution in [3.63, 3.8) is 0 Å². The minimum atomic E-state index is -0.656. The molecule has 20 heavy (non-hydrogen) atoms. The number of carbonyl (C=O) groups is 1. The Balaban J connectivity index is 2.00. The van der Waals surface area contributed by atoms with Gasteiger partial charge in [0.2, 0.25) is 0 Å². The maximum Gasteiger partial charge on any atom is 0.341 e. The van der Waals surface area contributed by atoms with Crippen molar-refractivity contribution in [2.75, 3.05) is 6.61 Å². The van der Waals surface area contributed by atoms with Crippen molar-refractivity contribution in [1.29, 1.82) is 0 Å². The van der Waals surface area contributed by atoms with E-state index < -0.39 is 10.9 Å². The van der Waals surface area contributed by atoms with Gasteiger partial charge in [0.1, 0.15) is 16.9 Å². The summed E-state index contributed by atoms with van der Waals surface area (Å²) in [5, 5.41) is 10.6. The van der Waals surface area contributed by atoms with Gasteiger partial charge in [0, 0.05) is 6.07 Å². The maximum absolute atomic E-state index is 11.9. The summed E-state index contributed by atoms with van der Waals surface area (Å²) in [6.07, 6.45) is 6.65. The molecule has 1 heterocycles. The van der Waals surface area contributed by atoms with E-state index in [0.717, 1.165) is 37.9 Å². The van der Waals surface area contributed by atoms with Gasteiger partial charge in [-0.3, -0.25) is 10.1 Å². The molecule has 0 unspecified atom stereocenters. The van der Waals surface area contributed by atoms with Crippen LogP contribution in [0.4, 0.5) is 5.69 Å². The van der Waals surface area contributed by atoms with E-state index in [9.17, 15) is 14.9 Å². The van der Waals surface area contributed by atoms with Crippen molar-refractivity contribution in [1.82, 2.24) is 4.98 Å². The number of halogens is 1. The van der Waals surface area contributed by atoms with Gasteiger partial charge in [-0.2, -0.15) is 0 Å². The number of carbonyl (C=O) groups excluding carboxylic acids is 1. The molecule has 1 aromatic heterocycles. The zero-order valence-corrected chi connectivity index (χ0v) is 11.6. The molecule has 0 N–H and O–H groups in total. The molecule has 0 aliphatic heterocycles. The van der Waals surface area contributed by atoms with Crippen molar-refractivity contribution in [2.45, 2.75) is 32.1 Å². The third-order valence-electron chi connectivity index (χ3n) is 3.43. The molecule has 0 aromatic carbocycles. The zero-order chi connectivity index (χ0) is 14.5. The lowest BCUT2D eigenvalue weighted by atomic mass is 9.90. The van der Waals surface area contributed by atoms with Crippen LogP contribution in [0.15, 0.2) is 12.3 Å². The number of rotatable bonds is 4. The van der Waals surface area contributed by atoms with Crippen molar-refractivity contribution < 1.29 is 14.5 Å². The van der Waals surface area contributed by atoms with Crippen LogP contribution < -0.4 is 0 Å². The number of aromatic nitrogens is 1. The fourth-order valence-corrected chi connectivity index (χ4v) is 2.49. The van der Waals surface area contributed by atoms with Gasteiger partial charge in [-0.15, -0.1) is 0 Å². The average molecular weight is 299 g/mol. The molecular formula is C13H15ClN2O4. The Kier molecular flexibility index (Phi) is 4.89. The summed E-state index contributed by atoms with van der Waals surface area (Å²) in [6, 6.07) is 1.10. The summed E-state index contributed by atoms with van der Waals surface area (Å²) in [6.45, 7) is 0.331. The summed E-state index contributed by atoms with van der Waals surface area (Å²) in [5.74, 6) is -0.282. The van der Waals surface area contributed by atoms with Crippen LogP contribution in [-0.4, -0.2) is 22.5 Å². The highest BCUT2D eigenvalue weighted by molar-refractivity contribution is 6.32. The number of nitro groups is 1. The zero-order valence-electron chi connectivity index (χ0n) is 10.9. The predicted molar refractivity (Wildman–Crippen MR) is 72.8 cm³/mol. The van der Waals surface area contributed by atoms with Crippen LogP contribution in [0.1, 0.15) is 42.5 Å². The minimum absolute atomic E-state index is 0.0586. The number of pyridine rings is 1. The van der Waals surface area contributed by atoms with Crippen LogP contribution in [0.3, 0.4) is 0 Å². The minimum Gasteiger partial charge on any atom is -0.462 e. The van der Waals surface area contributed by atoms with Gasteiger partial charge >= 0.3 is 5.97 Å². The molecule has 0 amide bonds. The Morgan fingerprint density at radius 3 is 2.80 bits per heavy atom. The average Bonchev–Trinajstić information content (AvgIpc) is 2.46. The summed E-state index contributed by atoms with van der Waals surface area (Å²) in [7, 11) is 0. The lowest BCUT2D eigenvalue weighted by Gasteiger charge is -2.21. The van der Waals surface area contributed by atoms with Gasteiger partial charge in [-0.25, -0.2) is 9.78 Å². The van der Waals surface area contributed by atoms with Crippen LogP contribution in [0.2, 0.25) is 5.15 Å². The standard InChI is InChI=1S/C13H15ClN2O4/c14-12-11(6-10(7-15-12)16(18)19)13(17)20-8-9-4-2-1-3-5-9/h6-7,9H,1-5,8H2. The highest BCUT2D eigenvalue weighted by Crippen LogP contribution is 2.25. The molecule has 2 rings (SSSR count). The molecule has 108 valence electrons. The van der Waals surface area contributed by atoms with Crippen LogP contribution in [0, 0.1) is 16.0 Å². The molecular weight excluding hydrogens is 284 g/mol. The van der Waals surface area contributed by atoms with Gasteiger partial charge in [-0.05, 0) is 18.8 Å². The van der Waals surface area contributed by atoms with Crippen LogP contribution in [0.25, 0.3) is 0 Å². The molecule has 1 aromatic rings. The number of ether oxygens (including phenoxy) is 1. The Hall–Kier alpha value is -1.69. The molecule has 0 atom stereocenters. The maximum atomic E-state index is 11.9. The summed E-state index contributed by atoms with van der Waals surface area (Å²) in [4.78, 5) is 25.6. The van der Waals surface area contributed by atoms with Crippen molar-refractivity contribution in [3.8, 4) is 0 Å². The van der Waals surface area contributed by atoms with Gasteiger partial charge in [0.25, 0.3) is 5.69 Å². The quantitative estimate of drug-likeness (QED) is 0.368.